The summed E-state index contributed by atoms with van der Waals surface area (Å²) in [5.41, 5.74) is 4.45. The maximum absolute atomic E-state index is 12.1. The minimum absolute atomic E-state index is 0.0886. The summed E-state index contributed by atoms with van der Waals surface area (Å²) >= 11 is 3.47. The van der Waals surface area contributed by atoms with Crippen molar-refractivity contribution in [3.8, 4) is 0 Å². The summed E-state index contributed by atoms with van der Waals surface area (Å²) in [7, 11) is 0. The maximum Gasteiger partial charge on any atom is 0.232 e. The highest BCUT2D eigenvalue weighted by Gasteiger charge is 2.30. The molecular formula is C16H14BrNO. The molecule has 0 fully saturated rings. The fourth-order valence-electron chi connectivity index (χ4n) is 2.57. The van der Waals surface area contributed by atoms with Gasteiger partial charge in [0.1, 0.15) is 0 Å². The summed E-state index contributed by atoms with van der Waals surface area (Å²) in [4.78, 5) is 12.1. The molecule has 1 heterocycles. The van der Waals surface area contributed by atoms with Crippen LogP contribution < -0.4 is 5.32 Å². The first-order valence-corrected chi connectivity index (χ1v) is 7.08. The molecule has 0 saturated carbocycles. The van der Waals surface area contributed by atoms with E-state index in [-0.39, 0.29) is 11.8 Å². The van der Waals surface area contributed by atoms with Crippen LogP contribution in [0.2, 0.25) is 0 Å². The van der Waals surface area contributed by atoms with Gasteiger partial charge in [-0.2, -0.15) is 0 Å². The fourth-order valence-corrected chi connectivity index (χ4v) is 2.95. The standard InChI is InChI=1S/C16H14BrNO/c1-10-3-2-4-11(7-10)8-14-13-9-12(17)5-6-15(13)18-16(14)19/h2-7,9,14H,8H2,1H3,(H,18,19)/t14-/m1/s1. The SMILES string of the molecule is Cc1cccc(C[C@H]2C(=O)Nc3ccc(Br)cc32)c1. The molecule has 2 nitrogen and oxygen atoms in total. The Bertz CT molecular complexity index is 651. The van der Waals surface area contributed by atoms with E-state index in [9.17, 15) is 4.79 Å². The molecule has 1 aliphatic rings. The van der Waals surface area contributed by atoms with Gasteiger partial charge in [0.05, 0.1) is 5.92 Å². The average Bonchev–Trinajstić information content (AvgIpc) is 2.66. The fraction of sp³-hybridized carbons (Fsp3) is 0.188. The molecule has 1 N–H and O–H groups in total. The summed E-state index contributed by atoms with van der Waals surface area (Å²) in [6.45, 7) is 2.07. The van der Waals surface area contributed by atoms with Crippen molar-refractivity contribution in [3.63, 3.8) is 0 Å². The molecule has 0 unspecified atom stereocenters. The van der Waals surface area contributed by atoms with Crippen LogP contribution in [0, 0.1) is 6.92 Å². The first-order chi connectivity index (χ1) is 9.13. The summed E-state index contributed by atoms with van der Waals surface area (Å²) in [5, 5.41) is 2.95. The topological polar surface area (TPSA) is 29.1 Å². The number of halogens is 1. The quantitative estimate of drug-likeness (QED) is 0.890. The second-order valence-corrected chi connectivity index (χ2v) is 5.88. The second-order valence-electron chi connectivity index (χ2n) is 4.97. The molecule has 1 aliphatic heterocycles. The molecule has 0 radical (unpaired) electrons. The number of hydrogen-bond donors (Lipinski definition) is 1. The molecule has 3 heteroatoms. The van der Waals surface area contributed by atoms with Crippen LogP contribution in [0.5, 0.6) is 0 Å². The molecule has 1 atom stereocenters. The maximum atomic E-state index is 12.1. The van der Waals surface area contributed by atoms with Gasteiger partial charge in [0.2, 0.25) is 5.91 Å². The van der Waals surface area contributed by atoms with Crippen LogP contribution in [0.3, 0.4) is 0 Å². The Balaban J connectivity index is 1.94. The van der Waals surface area contributed by atoms with E-state index in [1.54, 1.807) is 0 Å². The number of amides is 1. The Morgan fingerprint density at radius 3 is 2.84 bits per heavy atom. The van der Waals surface area contributed by atoms with Crippen LogP contribution in [-0.2, 0) is 11.2 Å². The molecule has 0 saturated heterocycles. The minimum Gasteiger partial charge on any atom is -0.325 e. The number of anilines is 1. The molecule has 3 rings (SSSR count). The molecule has 0 aromatic heterocycles. The number of nitrogens with one attached hydrogen (secondary N) is 1. The van der Waals surface area contributed by atoms with E-state index in [0.717, 1.165) is 22.1 Å². The average molecular weight is 316 g/mol. The van der Waals surface area contributed by atoms with Crippen molar-refractivity contribution in [2.24, 2.45) is 0 Å². The summed E-state index contributed by atoms with van der Waals surface area (Å²) < 4.78 is 1.01. The van der Waals surface area contributed by atoms with E-state index >= 15 is 0 Å². The van der Waals surface area contributed by atoms with Crippen molar-refractivity contribution in [1.82, 2.24) is 0 Å². The van der Waals surface area contributed by atoms with Gasteiger partial charge in [0, 0.05) is 10.2 Å². The third kappa shape index (κ3) is 2.43. The van der Waals surface area contributed by atoms with Gasteiger partial charge in [-0.15, -0.1) is 0 Å². The molecule has 0 bridgehead atoms. The molecular weight excluding hydrogens is 302 g/mol. The van der Waals surface area contributed by atoms with Crippen LogP contribution in [0.15, 0.2) is 46.9 Å². The van der Waals surface area contributed by atoms with Crippen LogP contribution in [0.1, 0.15) is 22.6 Å². The predicted octanol–water partition coefficient (Wildman–Crippen LogP) is 4.04. The van der Waals surface area contributed by atoms with E-state index in [0.29, 0.717) is 0 Å². The van der Waals surface area contributed by atoms with Crippen LogP contribution in [0.25, 0.3) is 0 Å². The lowest BCUT2D eigenvalue weighted by molar-refractivity contribution is -0.117. The van der Waals surface area contributed by atoms with E-state index < -0.39 is 0 Å². The largest absolute Gasteiger partial charge is 0.325 e. The number of aryl methyl sites for hydroxylation is 1. The first kappa shape index (κ1) is 12.4. The van der Waals surface area contributed by atoms with E-state index in [4.69, 9.17) is 0 Å². The zero-order valence-corrected chi connectivity index (χ0v) is 12.2. The highest BCUT2D eigenvalue weighted by atomic mass is 79.9. The summed E-state index contributed by atoms with van der Waals surface area (Å²) in [6, 6.07) is 14.3. The lowest BCUT2D eigenvalue weighted by Gasteiger charge is -2.09. The van der Waals surface area contributed by atoms with Gasteiger partial charge >= 0.3 is 0 Å². The van der Waals surface area contributed by atoms with Gasteiger partial charge in [0.25, 0.3) is 0 Å². The second kappa shape index (κ2) is 4.82. The minimum atomic E-state index is -0.0886. The highest BCUT2D eigenvalue weighted by Crippen LogP contribution is 2.36. The number of carbonyl (C=O) groups excluding carboxylic acids is 1. The number of hydrogen-bond acceptors (Lipinski definition) is 1. The summed E-state index contributed by atoms with van der Waals surface area (Å²) in [5.74, 6) is 0.00362. The number of benzene rings is 2. The monoisotopic (exact) mass is 315 g/mol. The van der Waals surface area contributed by atoms with Gasteiger partial charge in [0.15, 0.2) is 0 Å². The van der Waals surface area contributed by atoms with Gasteiger partial charge in [-0.1, -0.05) is 45.8 Å². The third-order valence-electron chi connectivity index (χ3n) is 3.49. The van der Waals surface area contributed by atoms with Crippen LogP contribution in [0.4, 0.5) is 5.69 Å². The molecule has 2 aromatic rings. The van der Waals surface area contributed by atoms with Crippen LogP contribution in [-0.4, -0.2) is 5.91 Å². The Morgan fingerprint density at radius 2 is 2.05 bits per heavy atom. The van der Waals surface area contributed by atoms with Crippen molar-refractivity contribution >= 4 is 27.5 Å². The molecule has 19 heavy (non-hydrogen) atoms. The van der Waals surface area contributed by atoms with Crippen molar-refractivity contribution < 1.29 is 4.79 Å². The Kier molecular flexibility index (Phi) is 3.15. The van der Waals surface area contributed by atoms with E-state index in [1.807, 2.05) is 24.3 Å². The van der Waals surface area contributed by atoms with E-state index in [2.05, 4.69) is 46.4 Å². The van der Waals surface area contributed by atoms with Gasteiger partial charge < -0.3 is 5.32 Å². The lowest BCUT2D eigenvalue weighted by Crippen LogP contribution is -2.14. The zero-order valence-electron chi connectivity index (χ0n) is 10.6. The lowest BCUT2D eigenvalue weighted by atomic mass is 9.93. The van der Waals surface area contributed by atoms with E-state index in [1.165, 1.54) is 11.1 Å². The van der Waals surface area contributed by atoms with Gasteiger partial charge in [-0.3, -0.25) is 4.79 Å². The molecule has 2 aromatic carbocycles. The number of fused-ring (bicyclic) bond motifs is 1. The highest BCUT2D eigenvalue weighted by molar-refractivity contribution is 9.10. The smallest absolute Gasteiger partial charge is 0.232 e. The Morgan fingerprint density at radius 1 is 1.21 bits per heavy atom. The zero-order chi connectivity index (χ0) is 13.4. The summed E-state index contributed by atoms with van der Waals surface area (Å²) in [6.07, 6.45) is 0.747. The third-order valence-corrected chi connectivity index (χ3v) is 3.98. The Hall–Kier alpha value is -1.61. The molecule has 96 valence electrons. The van der Waals surface area contributed by atoms with Gasteiger partial charge in [-0.05, 0) is 42.7 Å². The number of rotatable bonds is 2. The van der Waals surface area contributed by atoms with Crippen LogP contribution >= 0.6 is 15.9 Å². The Labute approximate surface area is 121 Å². The van der Waals surface area contributed by atoms with Gasteiger partial charge in [-0.25, -0.2) is 0 Å². The predicted molar refractivity (Wildman–Crippen MR) is 80.4 cm³/mol. The van der Waals surface area contributed by atoms with Crippen molar-refractivity contribution in [1.29, 1.82) is 0 Å². The molecule has 0 spiro atoms. The van der Waals surface area contributed by atoms with Crippen molar-refractivity contribution in [2.75, 3.05) is 5.32 Å². The van der Waals surface area contributed by atoms with Crippen molar-refractivity contribution in [2.45, 2.75) is 19.3 Å². The van der Waals surface area contributed by atoms with Crippen molar-refractivity contribution in [3.05, 3.63) is 63.6 Å². The normalized spacial score (nSPS) is 17.2. The first-order valence-electron chi connectivity index (χ1n) is 6.29. The molecule has 0 aliphatic carbocycles. The number of carbonyl (C=O) groups is 1. The molecule has 1 amide bonds.